The highest BCUT2D eigenvalue weighted by molar-refractivity contribution is 5.85. The average Bonchev–Trinajstić information content (AvgIpc) is 2.28. The zero-order chi connectivity index (χ0) is 12.4. The van der Waals surface area contributed by atoms with Crippen molar-refractivity contribution in [1.82, 2.24) is 9.97 Å². The Labute approximate surface area is 97.8 Å². The molecule has 2 N–H and O–H groups in total. The van der Waals surface area contributed by atoms with Crippen molar-refractivity contribution in [2.24, 2.45) is 0 Å². The summed E-state index contributed by atoms with van der Waals surface area (Å²) >= 11 is 0. The number of aliphatic carboxylic acids is 1. The zero-order valence-corrected chi connectivity index (χ0v) is 9.34. The van der Waals surface area contributed by atoms with Gasteiger partial charge in [-0.15, -0.1) is 0 Å². The molecule has 0 saturated carbocycles. The molecule has 1 aromatic carbocycles. The Morgan fingerprint density at radius 2 is 2.12 bits per heavy atom. The number of carboxylic acids is 1. The van der Waals surface area contributed by atoms with Crippen molar-refractivity contribution in [3.05, 3.63) is 29.7 Å². The molecule has 2 aromatic rings. The van der Waals surface area contributed by atoms with E-state index in [1.807, 2.05) is 13.0 Å². The second-order valence-electron chi connectivity index (χ2n) is 3.79. The molecule has 1 heterocycles. The fraction of sp³-hybridized carbons (Fsp3) is 0.250. The topological polar surface area (TPSA) is 83.3 Å². The largest absolute Gasteiger partial charge is 0.506 e. The summed E-state index contributed by atoms with van der Waals surface area (Å²) in [5.41, 5.74) is 1.21. The van der Waals surface area contributed by atoms with Gasteiger partial charge in [0.25, 0.3) is 0 Å². The monoisotopic (exact) mass is 232 g/mol. The van der Waals surface area contributed by atoms with Gasteiger partial charge in [-0.05, 0) is 13.0 Å². The highest BCUT2D eigenvalue weighted by atomic mass is 16.4. The molecule has 1 aromatic heterocycles. The summed E-state index contributed by atoms with van der Waals surface area (Å²) < 4.78 is 0. The molecule has 0 aliphatic heterocycles. The number of aromatic nitrogens is 2. The van der Waals surface area contributed by atoms with Gasteiger partial charge in [-0.1, -0.05) is 12.1 Å². The summed E-state index contributed by atoms with van der Waals surface area (Å²) in [6, 6.07) is 5.10. The molecular weight excluding hydrogens is 220 g/mol. The van der Waals surface area contributed by atoms with E-state index in [-0.39, 0.29) is 18.6 Å². The molecule has 0 aliphatic rings. The van der Waals surface area contributed by atoms with E-state index in [0.717, 1.165) is 11.1 Å². The molecule has 0 spiro atoms. The van der Waals surface area contributed by atoms with E-state index in [1.54, 1.807) is 12.1 Å². The molecule has 5 heteroatoms. The highest BCUT2D eigenvalue weighted by Gasteiger charge is 2.08. The van der Waals surface area contributed by atoms with Gasteiger partial charge in [0.2, 0.25) is 0 Å². The van der Waals surface area contributed by atoms with Gasteiger partial charge in [-0.25, -0.2) is 9.97 Å². The predicted octanol–water partition coefficient (Wildman–Crippen LogP) is 1.66. The Hall–Kier alpha value is -2.17. The van der Waals surface area contributed by atoms with Gasteiger partial charge in [0.05, 0.1) is 6.42 Å². The SMILES string of the molecule is Cc1nc(CCC(=O)O)nc2c(O)cccc12. The average molecular weight is 232 g/mol. The fourth-order valence-electron chi connectivity index (χ4n) is 1.68. The van der Waals surface area contributed by atoms with E-state index in [0.29, 0.717) is 11.3 Å². The third-order valence-corrected chi connectivity index (χ3v) is 2.50. The highest BCUT2D eigenvalue weighted by Crippen LogP contribution is 2.24. The summed E-state index contributed by atoms with van der Waals surface area (Å²) in [7, 11) is 0. The molecular formula is C12H12N2O3. The molecule has 0 unspecified atom stereocenters. The normalized spacial score (nSPS) is 10.6. The van der Waals surface area contributed by atoms with E-state index in [1.165, 1.54) is 0 Å². The molecule has 0 aliphatic carbocycles. The second kappa shape index (κ2) is 4.37. The van der Waals surface area contributed by atoms with Crippen LogP contribution >= 0.6 is 0 Å². The Morgan fingerprint density at radius 3 is 2.82 bits per heavy atom. The van der Waals surface area contributed by atoms with Crippen molar-refractivity contribution in [3.63, 3.8) is 0 Å². The first kappa shape index (κ1) is 11.3. The van der Waals surface area contributed by atoms with E-state index in [2.05, 4.69) is 9.97 Å². The number of rotatable bonds is 3. The lowest BCUT2D eigenvalue weighted by molar-refractivity contribution is -0.137. The van der Waals surface area contributed by atoms with Crippen LogP contribution in [0.1, 0.15) is 17.9 Å². The summed E-state index contributed by atoms with van der Waals surface area (Å²) in [6.45, 7) is 1.81. The molecule has 0 bridgehead atoms. The minimum atomic E-state index is -0.886. The summed E-state index contributed by atoms with van der Waals surface area (Å²) in [4.78, 5) is 18.9. The maximum atomic E-state index is 10.5. The maximum absolute atomic E-state index is 10.5. The molecule has 2 rings (SSSR count). The van der Waals surface area contributed by atoms with E-state index in [4.69, 9.17) is 5.11 Å². The first-order chi connectivity index (χ1) is 8.08. The second-order valence-corrected chi connectivity index (χ2v) is 3.79. The van der Waals surface area contributed by atoms with Crippen LogP contribution in [0, 0.1) is 6.92 Å². The molecule has 88 valence electrons. The molecule has 0 amide bonds. The van der Waals surface area contributed by atoms with Crippen molar-refractivity contribution >= 4 is 16.9 Å². The number of nitrogens with zero attached hydrogens (tertiary/aromatic N) is 2. The van der Waals surface area contributed by atoms with Crippen LogP contribution in [0.4, 0.5) is 0 Å². The minimum Gasteiger partial charge on any atom is -0.506 e. The van der Waals surface area contributed by atoms with Crippen molar-refractivity contribution < 1.29 is 15.0 Å². The number of hydrogen-bond acceptors (Lipinski definition) is 4. The van der Waals surface area contributed by atoms with Crippen LogP contribution in [0.5, 0.6) is 5.75 Å². The van der Waals surface area contributed by atoms with Crippen molar-refractivity contribution in [3.8, 4) is 5.75 Å². The Morgan fingerprint density at radius 1 is 1.35 bits per heavy atom. The van der Waals surface area contributed by atoms with E-state index < -0.39 is 5.97 Å². The number of aryl methyl sites for hydroxylation is 2. The van der Waals surface area contributed by atoms with Crippen LogP contribution in [-0.2, 0) is 11.2 Å². The van der Waals surface area contributed by atoms with Crippen molar-refractivity contribution in [2.45, 2.75) is 19.8 Å². The minimum absolute atomic E-state index is 0.0153. The zero-order valence-electron chi connectivity index (χ0n) is 9.34. The number of fused-ring (bicyclic) bond motifs is 1. The van der Waals surface area contributed by atoms with Crippen molar-refractivity contribution in [1.29, 1.82) is 0 Å². The maximum Gasteiger partial charge on any atom is 0.303 e. The van der Waals surface area contributed by atoms with Gasteiger partial charge in [0.15, 0.2) is 0 Å². The number of hydrogen-bond donors (Lipinski definition) is 2. The molecule has 17 heavy (non-hydrogen) atoms. The van der Waals surface area contributed by atoms with Crippen LogP contribution in [-0.4, -0.2) is 26.2 Å². The number of phenolic OH excluding ortho intramolecular Hbond substituents is 1. The molecule has 5 nitrogen and oxygen atoms in total. The molecule has 0 atom stereocenters. The summed E-state index contributed by atoms with van der Waals surface area (Å²) in [5, 5.41) is 19.1. The molecule has 0 radical (unpaired) electrons. The van der Waals surface area contributed by atoms with Crippen LogP contribution in [0.25, 0.3) is 10.9 Å². The third kappa shape index (κ3) is 2.33. The number of aromatic hydroxyl groups is 1. The Bertz CT molecular complexity index is 581. The van der Waals surface area contributed by atoms with Crippen LogP contribution < -0.4 is 0 Å². The van der Waals surface area contributed by atoms with E-state index in [9.17, 15) is 9.90 Å². The number of carbonyl (C=O) groups is 1. The summed E-state index contributed by atoms with van der Waals surface area (Å²) in [5.74, 6) is -0.355. The predicted molar refractivity (Wildman–Crippen MR) is 61.9 cm³/mol. The van der Waals surface area contributed by atoms with E-state index >= 15 is 0 Å². The van der Waals surface area contributed by atoms with Gasteiger partial charge in [0, 0.05) is 17.5 Å². The quantitative estimate of drug-likeness (QED) is 0.840. The van der Waals surface area contributed by atoms with Crippen LogP contribution in [0.3, 0.4) is 0 Å². The van der Waals surface area contributed by atoms with Gasteiger partial charge in [-0.2, -0.15) is 0 Å². The Kier molecular flexibility index (Phi) is 2.91. The van der Waals surface area contributed by atoms with Crippen molar-refractivity contribution in [2.75, 3.05) is 0 Å². The first-order valence-corrected chi connectivity index (χ1v) is 5.25. The number of para-hydroxylation sites is 1. The first-order valence-electron chi connectivity index (χ1n) is 5.25. The smallest absolute Gasteiger partial charge is 0.303 e. The number of carboxylic acid groups (broad SMARTS) is 1. The van der Waals surface area contributed by atoms with Gasteiger partial charge < -0.3 is 10.2 Å². The van der Waals surface area contributed by atoms with Crippen LogP contribution in [0.15, 0.2) is 18.2 Å². The number of phenols is 1. The fourth-order valence-corrected chi connectivity index (χ4v) is 1.68. The molecule has 0 fully saturated rings. The van der Waals surface area contributed by atoms with Crippen LogP contribution in [0.2, 0.25) is 0 Å². The lowest BCUT2D eigenvalue weighted by Gasteiger charge is -2.05. The Balaban J connectivity index is 2.46. The van der Waals surface area contributed by atoms with Gasteiger partial charge in [0.1, 0.15) is 17.1 Å². The lowest BCUT2D eigenvalue weighted by atomic mass is 10.1. The number of benzene rings is 1. The van der Waals surface area contributed by atoms with Gasteiger partial charge in [-0.3, -0.25) is 4.79 Å². The van der Waals surface area contributed by atoms with Gasteiger partial charge >= 0.3 is 5.97 Å². The third-order valence-electron chi connectivity index (χ3n) is 2.50. The standard InChI is InChI=1S/C12H12N2O3/c1-7-8-3-2-4-9(15)12(8)14-10(13-7)5-6-11(16)17/h2-4,15H,5-6H2,1H3,(H,16,17). The lowest BCUT2D eigenvalue weighted by Crippen LogP contribution is -2.03. The molecule has 0 saturated heterocycles. The summed E-state index contributed by atoms with van der Waals surface area (Å²) in [6.07, 6.45) is 0.249.